The second-order valence-corrected chi connectivity index (χ2v) is 7.20. The molecule has 0 heterocycles. The van der Waals surface area contributed by atoms with Crippen LogP contribution in [0.3, 0.4) is 0 Å². The number of rotatable bonds is 4. The molecule has 0 amide bonds. The molecule has 0 fully saturated rings. The third kappa shape index (κ3) is 4.21. The van der Waals surface area contributed by atoms with Crippen molar-refractivity contribution < 1.29 is 39.7 Å². The number of benzene rings is 2. The Bertz CT molecular complexity index is 784. The minimum atomic E-state index is -6.20. The standard InChI is InChI=1S/C17H12F8OS/c1-10-2-7-13(8-14(10)18)27(26)9-11-3-5-12(6-4-11)15(19,16(20,21)22)17(23,24)25/h2-8H,9H2,1H3. The molecular formula is C17H12F8OS. The van der Waals surface area contributed by atoms with Crippen molar-refractivity contribution in [3.63, 3.8) is 0 Å². The van der Waals surface area contributed by atoms with E-state index in [1.807, 2.05) is 0 Å². The van der Waals surface area contributed by atoms with Gasteiger partial charge in [-0.15, -0.1) is 0 Å². The molecule has 0 saturated carbocycles. The van der Waals surface area contributed by atoms with Gasteiger partial charge in [0.25, 0.3) is 0 Å². The summed E-state index contributed by atoms with van der Waals surface area (Å²) in [6.07, 6.45) is -12.4. The van der Waals surface area contributed by atoms with Gasteiger partial charge in [0.2, 0.25) is 0 Å². The van der Waals surface area contributed by atoms with Gasteiger partial charge in [0.15, 0.2) is 4.90 Å². The lowest BCUT2D eigenvalue weighted by molar-refractivity contribution is -0.348. The van der Waals surface area contributed by atoms with Crippen LogP contribution in [0.15, 0.2) is 47.4 Å². The summed E-state index contributed by atoms with van der Waals surface area (Å²) in [6.45, 7) is 1.49. The Morgan fingerprint density at radius 2 is 1.37 bits per heavy atom. The number of hydrogen-bond donors (Lipinski definition) is 0. The molecular weight excluding hydrogens is 404 g/mol. The van der Waals surface area contributed by atoms with Crippen molar-refractivity contribution in [1.29, 1.82) is 0 Å². The second kappa shape index (κ2) is 7.31. The minimum absolute atomic E-state index is 0.102. The molecule has 0 aromatic heterocycles. The van der Waals surface area contributed by atoms with Crippen LogP contribution in [0.1, 0.15) is 16.7 Å². The van der Waals surface area contributed by atoms with Gasteiger partial charge in [0, 0.05) is 17.2 Å². The first-order valence-corrected chi connectivity index (χ1v) is 8.65. The summed E-state index contributed by atoms with van der Waals surface area (Å²) in [6, 6.07) is 6.15. The summed E-state index contributed by atoms with van der Waals surface area (Å²) in [5, 5.41) is 0. The fourth-order valence-corrected chi connectivity index (χ4v) is 3.39. The second-order valence-electron chi connectivity index (χ2n) is 5.75. The van der Waals surface area contributed by atoms with E-state index in [4.69, 9.17) is 0 Å². The van der Waals surface area contributed by atoms with E-state index in [9.17, 15) is 39.7 Å². The van der Waals surface area contributed by atoms with Crippen molar-refractivity contribution >= 4 is 11.2 Å². The third-order valence-electron chi connectivity index (χ3n) is 3.84. The highest BCUT2D eigenvalue weighted by Gasteiger charge is 2.73. The fourth-order valence-electron chi connectivity index (χ4n) is 2.27. The Kier molecular flexibility index (Phi) is 5.82. The Morgan fingerprint density at radius 3 is 1.81 bits per heavy atom. The first-order valence-electron chi connectivity index (χ1n) is 7.33. The average Bonchev–Trinajstić information content (AvgIpc) is 2.55. The van der Waals surface area contributed by atoms with E-state index in [0.29, 0.717) is 17.7 Å². The normalized spacial score (nSPS) is 14.3. The first kappa shape index (κ1) is 21.5. The zero-order valence-corrected chi connectivity index (χ0v) is 14.4. The van der Waals surface area contributed by atoms with Crippen molar-refractivity contribution in [3.05, 3.63) is 65.0 Å². The maximum absolute atomic E-state index is 13.9. The van der Waals surface area contributed by atoms with Crippen LogP contribution in [0, 0.1) is 12.7 Å². The zero-order chi connectivity index (χ0) is 20.6. The van der Waals surface area contributed by atoms with Crippen LogP contribution in [0.2, 0.25) is 0 Å². The Hall–Kier alpha value is -1.81. The largest absolute Gasteiger partial charge is 0.611 e. The molecule has 0 saturated heterocycles. The molecule has 2 aromatic carbocycles. The van der Waals surface area contributed by atoms with Crippen molar-refractivity contribution in [3.8, 4) is 0 Å². The maximum Gasteiger partial charge on any atom is 0.435 e. The summed E-state index contributed by atoms with van der Waals surface area (Å²) in [5.41, 5.74) is -6.72. The van der Waals surface area contributed by atoms with Crippen LogP contribution in [0.25, 0.3) is 0 Å². The van der Waals surface area contributed by atoms with Gasteiger partial charge in [-0.2, -0.15) is 26.3 Å². The highest BCUT2D eigenvalue weighted by Crippen LogP contribution is 2.53. The molecule has 0 N–H and O–H groups in total. The lowest BCUT2D eigenvalue weighted by Crippen LogP contribution is -2.50. The SMILES string of the molecule is Cc1ccc([S+]([O-])Cc2ccc(C(F)(C(F)(F)F)C(F)(F)F)cc2)cc1F. The lowest BCUT2D eigenvalue weighted by Gasteiger charge is -2.30. The summed E-state index contributed by atoms with van der Waals surface area (Å²) in [7, 11) is 0. The molecule has 2 rings (SSSR count). The van der Waals surface area contributed by atoms with Crippen LogP contribution in [0.4, 0.5) is 35.1 Å². The molecule has 1 atom stereocenters. The Labute approximate surface area is 152 Å². The maximum atomic E-state index is 13.9. The molecule has 148 valence electrons. The van der Waals surface area contributed by atoms with E-state index in [-0.39, 0.29) is 16.2 Å². The number of alkyl halides is 7. The van der Waals surface area contributed by atoms with E-state index < -0.39 is 40.6 Å². The summed E-state index contributed by atoms with van der Waals surface area (Å²) >= 11 is -1.79. The smallest absolute Gasteiger partial charge is 0.435 e. The summed E-state index contributed by atoms with van der Waals surface area (Å²) < 4.78 is 116. The summed E-state index contributed by atoms with van der Waals surface area (Å²) in [4.78, 5) is 0.104. The molecule has 27 heavy (non-hydrogen) atoms. The van der Waals surface area contributed by atoms with Crippen LogP contribution in [0.5, 0.6) is 0 Å². The predicted octanol–water partition coefficient (Wildman–Crippen LogP) is 5.73. The number of halogens is 8. The molecule has 0 bridgehead atoms. The molecule has 0 aliphatic rings. The third-order valence-corrected chi connectivity index (χ3v) is 5.21. The fraction of sp³-hybridized carbons (Fsp3) is 0.294. The average molecular weight is 416 g/mol. The summed E-state index contributed by atoms with van der Waals surface area (Å²) in [5.74, 6) is -0.895. The Morgan fingerprint density at radius 1 is 0.852 bits per heavy atom. The molecule has 0 radical (unpaired) electrons. The van der Waals surface area contributed by atoms with Crippen LogP contribution in [-0.4, -0.2) is 16.9 Å². The van der Waals surface area contributed by atoms with Gasteiger partial charge in [-0.3, -0.25) is 0 Å². The van der Waals surface area contributed by atoms with Crippen molar-refractivity contribution in [2.24, 2.45) is 0 Å². The zero-order valence-electron chi connectivity index (χ0n) is 13.6. The van der Waals surface area contributed by atoms with Gasteiger partial charge < -0.3 is 4.55 Å². The molecule has 0 aliphatic carbocycles. The van der Waals surface area contributed by atoms with Gasteiger partial charge in [0.1, 0.15) is 11.6 Å². The van der Waals surface area contributed by atoms with Crippen LogP contribution in [-0.2, 0) is 22.6 Å². The molecule has 2 aromatic rings. The van der Waals surface area contributed by atoms with Gasteiger partial charge in [-0.25, -0.2) is 8.78 Å². The Balaban J connectivity index is 2.27. The van der Waals surface area contributed by atoms with E-state index in [2.05, 4.69) is 0 Å². The van der Waals surface area contributed by atoms with E-state index >= 15 is 0 Å². The first-order chi connectivity index (χ1) is 12.3. The molecule has 0 spiro atoms. The molecule has 1 unspecified atom stereocenters. The molecule has 0 aliphatic heterocycles. The van der Waals surface area contributed by atoms with E-state index in [1.54, 1.807) is 0 Å². The lowest BCUT2D eigenvalue weighted by atomic mass is 9.93. The number of aryl methyl sites for hydroxylation is 1. The van der Waals surface area contributed by atoms with Crippen molar-refractivity contribution in [1.82, 2.24) is 0 Å². The van der Waals surface area contributed by atoms with Crippen LogP contribution < -0.4 is 0 Å². The van der Waals surface area contributed by atoms with Crippen molar-refractivity contribution in [2.75, 3.05) is 0 Å². The minimum Gasteiger partial charge on any atom is -0.611 e. The quantitative estimate of drug-likeness (QED) is 0.461. The molecule has 10 heteroatoms. The van der Waals surface area contributed by atoms with Gasteiger partial charge in [-0.05, 0) is 29.7 Å². The van der Waals surface area contributed by atoms with Gasteiger partial charge in [-0.1, -0.05) is 30.3 Å². The molecule has 1 nitrogen and oxygen atoms in total. The van der Waals surface area contributed by atoms with E-state index in [0.717, 1.165) is 18.2 Å². The monoisotopic (exact) mass is 416 g/mol. The highest BCUT2D eigenvalue weighted by molar-refractivity contribution is 7.90. The van der Waals surface area contributed by atoms with Crippen LogP contribution >= 0.6 is 0 Å². The van der Waals surface area contributed by atoms with Gasteiger partial charge in [0.05, 0.1) is 0 Å². The van der Waals surface area contributed by atoms with E-state index in [1.165, 1.54) is 19.1 Å². The van der Waals surface area contributed by atoms with Crippen molar-refractivity contribution in [2.45, 2.75) is 35.6 Å². The highest BCUT2D eigenvalue weighted by atomic mass is 32.2. The number of hydrogen-bond acceptors (Lipinski definition) is 1. The van der Waals surface area contributed by atoms with Gasteiger partial charge >= 0.3 is 18.0 Å². The topological polar surface area (TPSA) is 23.1 Å². The predicted molar refractivity (Wildman–Crippen MR) is 82.6 cm³/mol.